The lowest BCUT2D eigenvalue weighted by molar-refractivity contribution is 0.0342. The van der Waals surface area contributed by atoms with E-state index in [2.05, 4.69) is 39.5 Å². The molecule has 4 rings (SSSR count). The molecule has 6 nitrogen and oxygen atoms in total. The Morgan fingerprint density at radius 2 is 1.97 bits per heavy atom. The molecule has 2 aromatic rings. The van der Waals surface area contributed by atoms with E-state index in [4.69, 9.17) is 4.74 Å². The predicted octanol–water partition coefficient (Wildman–Crippen LogP) is 1.78. The highest BCUT2D eigenvalue weighted by atomic mass is 19.1. The fourth-order valence-electron chi connectivity index (χ4n) is 4.05. The second kappa shape index (κ2) is 9.17. The van der Waals surface area contributed by atoms with E-state index in [1.165, 1.54) is 23.4 Å². The Bertz CT molecular complexity index is 798. The van der Waals surface area contributed by atoms with Crippen LogP contribution in [0.5, 0.6) is 0 Å². The molecule has 7 heteroatoms. The molecule has 2 N–H and O–H groups in total. The van der Waals surface area contributed by atoms with Crippen LogP contribution in [0.2, 0.25) is 0 Å². The van der Waals surface area contributed by atoms with E-state index in [1.807, 2.05) is 4.90 Å². The van der Waals surface area contributed by atoms with Crippen molar-refractivity contribution in [3.8, 4) is 0 Å². The molecule has 2 aliphatic rings. The molecule has 0 radical (unpaired) electrons. The van der Waals surface area contributed by atoms with Crippen molar-refractivity contribution < 1.29 is 14.2 Å². The number of anilines is 1. The molecule has 2 saturated heterocycles. The molecule has 1 aromatic heterocycles. The van der Waals surface area contributed by atoms with Crippen molar-refractivity contribution in [1.82, 2.24) is 15.2 Å². The standard InChI is InChI=1S/C22H29FN4O2/c23-20-4-5-21(25-14-20)27-7-6-22(28,17-27)16-24-13-18-2-1-3-19(12-18)15-26-8-10-29-11-9-26/h1-5,12,14,24,28H,6-11,13,15-17H2/t22-/m0/s1. The maximum atomic E-state index is 13.1. The van der Waals surface area contributed by atoms with Gasteiger partial charge in [-0.05, 0) is 29.7 Å². The minimum Gasteiger partial charge on any atom is -0.387 e. The Labute approximate surface area is 171 Å². The van der Waals surface area contributed by atoms with Gasteiger partial charge in [0.15, 0.2) is 0 Å². The Morgan fingerprint density at radius 3 is 2.76 bits per heavy atom. The number of hydrogen-bond donors (Lipinski definition) is 2. The summed E-state index contributed by atoms with van der Waals surface area (Å²) in [5, 5.41) is 14.3. The zero-order valence-corrected chi connectivity index (χ0v) is 16.7. The molecule has 2 aliphatic heterocycles. The first-order valence-electron chi connectivity index (χ1n) is 10.3. The maximum absolute atomic E-state index is 13.1. The number of aliphatic hydroxyl groups is 1. The normalized spacial score (nSPS) is 22.9. The van der Waals surface area contributed by atoms with Crippen LogP contribution in [0, 0.1) is 5.82 Å². The van der Waals surface area contributed by atoms with Gasteiger partial charge in [0, 0.05) is 45.8 Å². The SMILES string of the molecule is O[C@]1(CNCc2cccc(CN3CCOCC3)c2)CCN(c2ccc(F)cn2)C1. The van der Waals surface area contributed by atoms with Crippen LogP contribution in [-0.2, 0) is 17.8 Å². The van der Waals surface area contributed by atoms with Gasteiger partial charge in [0.25, 0.3) is 0 Å². The van der Waals surface area contributed by atoms with Crippen LogP contribution < -0.4 is 10.2 Å². The van der Waals surface area contributed by atoms with Crippen molar-refractivity contribution in [3.63, 3.8) is 0 Å². The highest BCUT2D eigenvalue weighted by Gasteiger charge is 2.36. The number of pyridine rings is 1. The molecule has 29 heavy (non-hydrogen) atoms. The third-order valence-corrected chi connectivity index (χ3v) is 5.65. The second-order valence-corrected chi connectivity index (χ2v) is 8.04. The van der Waals surface area contributed by atoms with Crippen LogP contribution >= 0.6 is 0 Å². The van der Waals surface area contributed by atoms with Gasteiger partial charge in [-0.2, -0.15) is 0 Å². The lowest BCUT2D eigenvalue weighted by atomic mass is 10.0. The molecule has 0 unspecified atom stereocenters. The number of benzene rings is 1. The van der Waals surface area contributed by atoms with Crippen molar-refractivity contribution in [2.75, 3.05) is 50.8 Å². The average molecular weight is 400 g/mol. The van der Waals surface area contributed by atoms with Gasteiger partial charge in [-0.1, -0.05) is 24.3 Å². The number of rotatable bonds is 7. The highest BCUT2D eigenvalue weighted by molar-refractivity contribution is 5.40. The number of nitrogens with one attached hydrogen (secondary N) is 1. The Kier molecular flexibility index (Phi) is 6.40. The van der Waals surface area contributed by atoms with E-state index in [9.17, 15) is 9.50 Å². The summed E-state index contributed by atoms with van der Waals surface area (Å²) in [6, 6.07) is 11.7. The lowest BCUT2D eigenvalue weighted by Crippen LogP contribution is -2.43. The molecular formula is C22H29FN4O2. The summed E-state index contributed by atoms with van der Waals surface area (Å²) in [7, 11) is 0. The Morgan fingerprint density at radius 1 is 1.14 bits per heavy atom. The number of aromatic nitrogens is 1. The molecule has 2 fully saturated rings. The zero-order chi connectivity index (χ0) is 20.1. The first-order chi connectivity index (χ1) is 14.1. The molecule has 1 atom stereocenters. The summed E-state index contributed by atoms with van der Waals surface area (Å²) in [4.78, 5) is 8.53. The van der Waals surface area contributed by atoms with Crippen LogP contribution in [0.4, 0.5) is 10.2 Å². The minimum atomic E-state index is -0.804. The number of ether oxygens (including phenoxy) is 1. The summed E-state index contributed by atoms with van der Waals surface area (Å²) in [5.74, 6) is 0.360. The van der Waals surface area contributed by atoms with Gasteiger partial charge in [-0.3, -0.25) is 4.90 Å². The highest BCUT2D eigenvalue weighted by Crippen LogP contribution is 2.25. The monoisotopic (exact) mass is 400 g/mol. The summed E-state index contributed by atoms with van der Waals surface area (Å²) >= 11 is 0. The molecule has 0 spiro atoms. The molecule has 0 saturated carbocycles. The Hall–Kier alpha value is -2.06. The molecule has 0 amide bonds. The van der Waals surface area contributed by atoms with E-state index in [1.54, 1.807) is 6.07 Å². The number of β-amino-alcohol motifs (C(OH)–C–C–N with tert-alkyl or cyclic N) is 1. The third kappa shape index (κ3) is 5.51. The molecule has 1 aromatic carbocycles. The fraction of sp³-hybridized carbons (Fsp3) is 0.500. The van der Waals surface area contributed by atoms with E-state index >= 15 is 0 Å². The van der Waals surface area contributed by atoms with Crippen molar-refractivity contribution in [2.45, 2.75) is 25.1 Å². The summed E-state index contributed by atoms with van der Waals surface area (Å²) in [5.41, 5.74) is 1.72. The smallest absolute Gasteiger partial charge is 0.141 e. The van der Waals surface area contributed by atoms with E-state index in [0.717, 1.165) is 32.8 Å². The van der Waals surface area contributed by atoms with Crippen LogP contribution in [0.3, 0.4) is 0 Å². The van der Waals surface area contributed by atoms with Gasteiger partial charge in [-0.15, -0.1) is 0 Å². The van der Waals surface area contributed by atoms with Crippen LogP contribution in [0.25, 0.3) is 0 Å². The fourth-order valence-corrected chi connectivity index (χ4v) is 4.05. The quantitative estimate of drug-likeness (QED) is 0.739. The van der Waals surface area contributed by atoms with Crippen molar-refractivity contribution in [2.24, 2.45) is 0 Å². The number of halogens is 1. The topological polar surface area (TPSA) is 60.9 Å². The van der Waals surface area contributed by atoms with Gasteiger partial charge >= 0.3 is 0 Å². The summed E-state index contributed by atoms with van der Waals surface area (Å²) in [6.07, 6.45) is 1.88. The van der Waals surface area contributed by atoms with Crippen LogP contribution in [-0.4, -0.2) is 66.5 Å². The average Bonchev–Trinajstić information content (AvgIpc) is 3.12. The number of hydrogen-bond acceptors (Lipinski definition) is 6. The lowest BCUT2D eigenvalue weighted by Gasteiger charge is -2.26. The summed E-state index contributed by atoms with van der Waals surface area (Å²) in [6.45, 7) is 6.97. The number of morpholine rings is 1. The first-order valence-corrected chi connectivity index (χ1v) is 10.3. The molecule has 0 bridgehead atoms. The van der Waals surface area contributed by atoms with Gasteiger partial charge in [-0.25, -0.2) is 9.37 Å². The van der Waals surface area contributed by atoms with Crippen LogP contribution in [0.15, 0.2) is 42.6 Å². The van der Waals surface area contributed by atoms with E-state index in [0.29, 0.717) is 38.4 Å². The Balaban J connectivity index is 1.26. The van der Waals surface area contributed by atoms with Gasteiger partial charge < -0.3 is 20.1 Å². The van der Waals surface area contributed by atoms with Gasteiger partial charge in [0.2, 0.25) is 0 Å². The zero-order valence-electron chi connectivity index (χ0n) is 16.7. The molecule has 0 aliphatic carbocycles. The summed E-state index contributed by atoms with van der Waals surface area (Å²) < 4.78 is 18.5. The van der Waals surface area contributed by atoms with Gasteiger partial charge in [0.05, 0.1) is 25.0 Å². The van der Waals surface area contributed by atoms with E-state index in [-0.39, 0.29) is 5.82 Å². The van der Waals surface area contributed by atoms with Gasteiger partial charge in [0.1, 0.15) is 11.6 Å². The predicted molar refractivity (Wildman–Crippen MR) is 110 cm³/mol. The largest absolute Gasteiger partial charge is 0.387 e. The van der Waals surface area contributed by atoms with Crippen LogP contribution in [0.1, 0.15) is 17.5 Å². The van der Waals surface area contributed by atoms with Crippen molar-refractivity contribution in [3.05, 3.63) is 59.5 Å². The second-order valence-electron chi connectivity index (χ2n) is 8.04. The molecular weight excluding hydrogens is 371 g/mol. The third-order valence-electron chi connectivity index (χ3n) is 5.65. The maximum Gasteiger partial charge on any atom is 0.141 e. The molecule has 3 heterocycles. The van der Waals surface area contributed by atoms with Crippen molar-refractivity contribution >= 4 is 5.82 Å². The number of nitrogens with zero attached hydrogens (tertiary/aromatic N) is 3. The van der Waals surface area contributed by atoms with Crippen molar-refractivity contribution in [1.29, 1.82) is 0 Å². The minimum absolute atomic E-state index is 0.347. The van der Waals surface area contributed by atoms with E-state index < -0.39 is 5.60 Å². The first kappa shape index (κ1) is 20.2. The molecule has 156 valence electrons.